The molecule has 0 aliphatic carbocycles. The number of methoxy groups -OCH3 is 1. The number of rotatable bonds is 3. The van der Waals surface area contributed by atoms with Crippen LogP contribution in [-0.4, -0.2) is 16.7 Å². The smallest absolute Gasteiger partial charge is 0.133 e. The number of nitriles is 1. The first-order valence-corrected chi connectivity index (χ1v) is 6.17. The predicted octanol–water partition coefficient (Wildman–Crippen LogP) is 2.85. The first-order chi connectivity index (χ1) is 8.67. The van der Waals surface area contributed by atoms with Crippen LogP contribution < -0.4 is 4.74 Å². The maximum Gasteiger partial charge on any atom is 0.133 e. The Labute approximate surface area is 114 Å². The van der Waals surface area contributed by atoms with Crippen LogP contribution in [0.2, 0.25) is 0 Å². The summed E-state index contributed by atoms with van der Waals surface area (Å²) in [5, 5.41) is 9.34. The molecule has 0 fully saturated rings. The van der Waals surface area contributed by atoms with Crippen LogP contribution in [0.1, 0.15) is 17.3 Å². The standard InChI is InChI=1S/C13H12BrN3O/c1-17-6-5-16-13(17)10(8-15)9-3-4-12(18-2)11(14)7-9/h3-7,10H,1-2H3. The van der Waals surface area contributed by atoms with Crippen molar-refractivity contribution in [3.63, 3.8) is 0 Å². The number of hydrogen-bond acceptors (Lipinski definition) is 3. The van der Waals surface area contributed by atoms with Crippen molar-refractivity contribution < 1.29 is 4.74 Å². The third-order valence-corrected chi connectivity index (χ3v) is 3.37. The van der Waals surface area contributed by atoms with Gasteiger partial charge in [0.05, 0.1) is 17.7 Å². The minimum atomic E-state index is -0.382. The summed E-state index contributed by atoms with van der Waals surface area (Å²) in [6.07, 6.45) is 3.52. The first-order valence-electron chi connectivity index (χ1n) is 5.37. The number of aromatic nitrogens is 2. The van der Waals surface area contributed by atoms with E-state index in [2.05, 4.69) is 27.0 Å². The number of imidazole rings is 1. The Morgan fingerprint density at radius 2 is 2.28 bits per heavy atom. The van der Waals surface area contributed by atoms with E-state index in [4.69, 9.17) is 4.74 Å². The van der Waals surface area contributed by atoms with Gasteiger partial charge in [0, 0.05) is 19.4 Å². The van der Waals surface area contributed by atoms with Crippen molar-refractivity contribution in [3.05, 3.63) is 46.5 Å². The largest absolute Gasteiger partial charge is 0.496 e. The third-order valence-electron chi connectivity index (χ3n) is 2.75. The van der Waals surface area contributed by atoms with Crippen LogP contribution in [0.4, 0.5) is 0 Å². The van der Waals surface area contributed by atoms with Crippen molar-refractivity contribution in [2.45, 2.75) is 5.92 Å². The zero-order chi connectivity index (χ0) is 13.1. The van der Waals surface area contributed by atoms with Crippen molar-refractivity contribution in [1.82, 2.24) is 9.55 Å². The molecule has 1 aromatic heterocycles. The lowest BCUT2D eigenvalue weighted by molar-refractivity contribution is 0.412. The van der Waals surface area contributed by atoms with Gasteiger partial charge in [0.2, 0.25) is 0 Å². The van der Waals surface area contributed by atoms with E-state index in [-0.39, 0.29) is 5.92 Å². The normalized spacial score (nSPS) is 11.9. The van der Waals surface area contributed by atoms with Gasteiger partial charge in [-0.25, -0.2) is 4.98 Å². The van der Waals surface area contributed by atoms with Crippen LogP contribution in [0.5, 0.6) is 5.75 Å². The Kier molecular flexibility index (Phi) is 3.68. The Hall–Kier alpha value is -1.80. The molecule has 1 heterocycles. The molecule has 18 heavy (non-hydrogen) atoms. The van der Waals surface area contributed by atoms with Gasteiger partial charge in [-0.15, -0.1) is 0 Å². The lowest BCUT2D eigenvalue weighted by atomic mass is 10.00. The topological polar surface area (TPSA) is 50.8 Å². The molecule has 5 heteroatoms. The van der Waals surface area contributed by atoms with Gasteiger partial charge < -0.3 is 9.30 Å². The second kappa shape index (κ2) is 5.23. The molecule has 0 aliphatic rings. The van der Waals surface area contributed by atoms with Gasteiger partial charge in [-0.2, -0.15) is 5.26 Å². The molecule has 0 saturated heterocycles. The predicted molar refractivity (Wildman–Crippen MR) is 71.4 cm³/mol. The summed E-state index contributed by atoms with van der Waals surface area (Å²) in [7, 11) is 3.49. The molecule has 0 amide bonds. The van der Waals surface area contributed by atoms with Gasteiger partial charge >= 0.3 is 0 Å². The van der Waals surface area contributed by atoms with E-state index < -0.39 is 0 Å². The Morgan fingerprint density at radius 1 is 1.50 bits per heavy atom. The second-order valence-electron chi connectivity index (χ2n) is 3.85. The minimum absolute atomic E-state index is 0.382. The van der Waals surface area contributed by atoms with Crippen LogP contribution in [0.25, 0.3) is 0 Å². The molecule has 92 valence electrons. The number of benzene rings is 1. The molecule has 0 radical (unpaired) electrons. The number of halogens is 1. The van der Waals surface area contributed by atoms with Gasteiger partial charge in [-0.05, 0) is 33.6 Å². The quantitative estimate of drug-likeness (QED) is 0.876. The van der Waals surface area contributed by atoms with Crippen LogP contribution in [0, 0.1) is 11.3 Å². The van der Waals surface area contributed by atoms with E-state index in [0.717, 1.165) is 21.6 Å². The van der Waals surface area contributed by atoms with Gasteiger partial charge in [-0.1, -0.05) is 6.07 Å². The van der Waals surface area contributed by atoms with E-state index in [1.807, 2.05) is 36.0 Å². The molecule has 1 atom stereocenters. The van der Waals surface area contributed by atoms with E-state index in [1.54, 1.807) is 13.3 Å². The monoisotopic (exact) mass is 305 g/mol. The summed E-state index contributed by atoms with van der Waals surface area (Å²) in [4.78, 5) is 4.23. The average Bonchev–Trinajstić information content (AvgIpc) is 2.77. The fraction of sp³-hybridized carbons (Fsp3) is 0.231. The van der Waals surface area contributed by atoms with Crippen LogP contribution in [0.15, 0.2) is 35.1 Å². The maximum atomic E-state index is 9.34. The number of nitrogens with zero attached hydrogens (tertiary/aromatic N) is 3. The molecule has 0 N–H and O–H groups in total. The highest BCUT2D eigenvalue weighted by Crippen LogP contribution is 2.30. The van der Waals surface area contributed by atoms with Crippen molar-refractivity contribution in [2.24, 2.45) is 7.05 Å². The fourth-order valence-electron chi connectivity index (χ4n) is 1.80. The average molecular weight is 306 g/mol. The molecule has 0 bridgehead atoms. The molecule has 1 unspecified atom stereocenters. The Bertz CT molecular complexity index is 601. The molecule has 4 nitrogen and oxygen atoms in total. The summed E-state index contributed by atoms with van der Waals surface area (Å²) in [6, 6.07) is 7.89. The first kappa shape index (κ1) is 12.7. The highest BCUT2D eigenvalue weighted by molar-refractivity contribution is 9.10. The van der Waals surface area contributed by atoms with Crippen LogP contribution in [-0.2, 0) is 7.05 Å². The molecule has 1 aromatic carbocycles. The van der Waals surface area contributed by atoms with Crippen LogP contribution >= 0.6 is 15.9 Å². The molecular formula is C13H12BrN3O. The fourth-order valence-corrected chi connectivity index (χ4v) is 2.36. The van der Waals surface area contributed by atoms with E-state index in [0.29, 0.717) is 0 Å². The Morgan fingerprint density at radius 3 is 2.78 bits per heavy atom. The van der Waals surface area contributed by atoms with Gasteiger partial charge in [0.1, 0.15) is 17.5 Å². The molecule has 2 rings (SSSR count). The number of hydrogen-bond donors (Lipinski definition) is 0. The van der Waals surface area contributed by atoms with Crippen molar-refractivity contribution in [1.29, 1.82) is 5.26 Å². The highest BCUT2D eigenvalue weighted by Gasteiger charge is 2.18. The molecule has 0 saturated carbocycles. The zero-order valence-electron chi connectivity index (χ0n) is 10.1. The molecule has 2 aromatic rings. The number of ether oxygens (including phenoxy) is 1. The summed E-state index contributed by atoms with van der Waals surface area (Å²) >= 11 is 3.42. The highest BCUT2D eigenvalue weighted by atomic mass is 79.9. The lowest BCUT2D eigenvalue weighted by Gasteiger charge is -2.11. The Balaban J connectivity index is 2.44. The third kappa shape index (κ3) is 2.24. The minimum Gasteiger partial charge on any atom is -0.496 e. The summed E-state index contributed by atoms with van der Waals surface area (Å²) in [5.41, 5.74) is 0.888. The van der Waals surface area contributed by atoms with Crippen LogP contribution in [0.3, 0.4) is 0 Å². The van der Waals surface area contributed by atoms with Crippen molar-refractivity contribution >= 4 is 15.9 Å². The van der Waals surface area contributed by atoms with Crippen molar-refractivity contribution in [3.8, 4) is 11.8 Å². The SMILES string of the molecule is COc1ccc(C(C#N)c2nccn2C)cc1Br. The van der Waals surface area contributed by atoms with E-state index in [9.17, 15) is 5.26 Å². The summed E-state index contributed by atoms with van der Waals surface area (Å²) in [6.45, 7) is 0. The van der Waals surface area contributed by atoms with Gasteiger partial charge in [-0.3, -0.25) is 0 Å². The van der Waals surface area contributed by atoms with Crippen molar-refractivity contribution in [2.75, 3.05) is 7.11 Å². The molecular weight excluding hydrogens is 294 g/mol. The number of aryl methyl sites for hydroxylation is 1. The zero-order valence-corrected chi connectivity index (χ0v) is 11.7. The van der Waals surface area contributed by atoms with Gasteiger partial charge in [0.15, 0.2) is 0 Å². The summed E-state index contributed by atoms with van der Waals surface area (Å²) in [5.74, 6) is 1.09. The lowest BCUT2D eigenvalue weighted by Crippen LogP contribution is -2.06. The van der Waals surface area contributed by atoms with Gasteiger partial charge in [0.25, 0.3) is 0 Å². The maximum absolute atomic E-state index is 9.34. The molecule has 0 aliphatic heterocycles. The summed E-state index contributed by atoms with van der Waals surface area (Å²) < 4.78 is 7.86. The second-order valence-corrected chi connectivity index (χ2v) is 4.71. The van der Waals surface area contributed by atoms with E-state index >= 15 is 0 Å². The molecule has 0 spiro atoms. The van der Waals surface area contributed by atoms with E-state index in [1.165, 1.54) is 0 Å².